The second-order valence-electron chi connectivity index (χ2n) is 14.9. The fourth-order valence-corrected chi connectivity index (χ4v) is 8.89. The summed E-state index contributed by atoms with van der Waals surface area (Å²) in [7, 11) is 0. The number of aliphatic hydroxyl groups excluding tert-OH is 1. The zero-order valence-corrected chi connectivity index (χ0v) is 27.1. The monoisotopic (exact) mass is 619 g/mol. The van der Waals surface area contributed by atoms with Gasteiger partial charge in [-0.3, -0.25) is 10.1 Å². The van der Waals surface area contributed by atoms with Crippen molar-refractivity contribution < 1.29 is 24.1 Å². The van der Waals surface area contributed by atoms with Crippen molar-refractivity contribution in [2.45, 2.75) is 108 Å². The van der Waals surface area contributed by atoms with E-state index in [0.29, 0.717) is 50.7 Å². The molecule has 252 valence electrons. The molecule has 4 unspecified atom stereocenters. The Kier molecular flexibility index (Phi) is 12.6. The van der Waals surface area contributed by atoms with E-state index in [1.807, 2.05) is 0 Å². The van der Waals surface area contributed by atoms with Crippen molar-refractivity contribution in [3.8, 4) is 0 Å². The van der Waals surface area contributed by atoms with Crippen LogP contribution in [0.25, 0.3) is 0 Å². The number of aliphatic hydroxyl groups is 1. The Bertz CT molecular complexity index is 855. The summed E-state index contributed by atoms with van der Waals surface area (Å²) in [6.45, 7) is 11.3. The molecule has 4 heterocycles. The number of hydrogen-bond donors (Lipinski definition) is 4. The highest BCUT2D eigenvalue weighted by atomic mass is 16.5. The molecule has 4 saturated heterocycles. The molecule has 2 aliphatic carbocycles. The van der Waals surface area contributed by atoms with Gasteiger partial charge in [-0.2, -0.15) is 0 Å². The van der Waals surface area contributed by atoms with Crippen LogP contribution in [0.2, 0.25) is 0 Å². The van der Waals surface area contributed by atoms with E-state index >= 15 is 0 Å². The van der Waals surface area contributed by atoms with Gasteiger partial charge in [-0.05, 0) is 114 Å². The lowest BCUT2D eigenvalue weighted by molar-refractivity contribution is -0.128. The van der Waals surface area contributed by atoms with Crippen LogP contribution in [0.1, 0.15) is 77.0 Å². The van der Waals surface area contributed by atoms with E-state index < -0.39 is 6.10 Å². The van der Waals surface area contributed by atoms with Crippen molar-refractivity contribution in [1.29, 1.82) is 0 Å². The van der Waals surface area contributed by atoms with Gasteiger partial charge < -0.3 is 39.8 Å². The number of fused-ring (bicyclic) bond motifs is 1. The first-order valence-corrected chi connectivity index (χ1v) is 18.3. The fourth-order valence-electron chi connectivity index (χ4n) is 8.89. The van der Waals surface area contributed by atoms with Crippen LogP contribution in [0.4, 0.5) is 0 Å². The summed E-state index contributed by atoms with van der Waals surface area (Å²) in [6.07, 6.45) is 14.0. The van der Waals surface area contributed by atoms with Crippen molar-refractivity contribution >= 4 is 5.91 Å². The molecule has 4 N–H and O–H groups in total. The molecule has 10 heteroatoms. The molecular formula is C34H61N5O5. The SMILES string of the molecule is O=C(NC[C@H](O)CN1CCC2CC(OCC3CNCO3)CCC2C1)C1CCC(OC2CCN(CC3CCNCC3)CC2)CC1. The lowest BCUT2D eigenvalue weighted by Crippen LogP contribution is -2.48. The molecule has 0 aromatic rings. The van der Waals surface area contributed by atoms with Gasteiger partial charge in [-0.25, -0.2) is 0 Å². The summed E-state index contributed by atoms with van der Waals surface area (Å²) in [5.74, 6) is 2.45. The second-order valence-corrected chi connectivity index (χ2v) is 14.9. The summed E-state index contributed by atoms with van der Waals surface area (Å²) in [5, 5.41) is 20.6. The Hall–Kier alpha value is -0.850. The van der Waals surface area contributed by atoms with Crippen molar-refractivity contribution in [1.82, 2.24) is 25.8 Å². The molecule has 5 atom stereocenters. The highest BCUT2D eigenvalue weighted by Gasteiger charge is 2.36. The summed E-state index contributed by atoms with van der Waals surface area (Å²) in [6, 6.07) is 0. The third-order valence-electron chi connectivity index (χ3n) is 11.6. The smallest absolute Gasteiger partial charge is 0.223 e. The number of carbonyl (C=O) groups is 1. The Morgan fingerprint density at radius 1 is 0.864 bits per heavy atom. The molecule has 2 saturated carbocycles. The zero-order chi connectivity index (χ0) is 30.1. The second kappa shape index (κ2) is 16.8. The number of carbonyl (C=O) groups excluding carboxylic acids is 1. The van der Waals surface area contributed by atoms with Crippen LogP contribution in [-0.4, -0.2) is 130 Å². The van der Waals surface area contributed by atoms with E-state index in [-0.39, 0.29) is 17.9 Å². The van der Waals surface area contributed by atoms with Crippen molar-refractivity contribution in [2.75, 3.05) is 78.8 Å². The maximum Gasteiger partial charge on any atom is 0.223 e. The number of rotatable bonds is 12. The molecule has 1 amide bonds. The number of β-amino-alcohol motifs (C(OH)–C–C–N with tert-alkyl or cyclic N) is 1. The maximum atomic E-state index is 12.9. The van der Waals surface area contributed by atoms with Gasteiger partial charge in [-0.15, -0.1) is 0 Å². The normalized spacial score (nSPS) is 35.8. The number of nitrogens with zero attached hydrogens (tertiary/aromatic N) is 2. The molecule has 44 heavy (non-hydrogen) atoms. The third-order valence-corrected chi connectivity index (χ3v) is 11.6. The fraction of sp³-hybridized carbons (Fsp3) is 0.971. The topological polar surface area (TPSA) is 108 Å². The number of ether oxygens (including phenoxy) is 3. The Morgan fingerprint density at radius 3 is 2.39 bits per heavy atom. The van der Waals surface area contributed by atoms with E-state index in [4.69, 9.17) is 14.2 Å². The minimum atomic E-state index is -0.518. The van der Waals surface area contributed by atoms with Crippen LogP contribution < -0.4 is 16.0 Å². The molecule has 0 aromatic carbocycles. The maximum absolute atomic E-state index is 12.9. The molecule has 0 bridgehead atoms. The van der Waals surface area contributed by atoms with Gasteiger partial charge in [0.25, 0.3) is 0 Å². The molecule has 0 aromatic heterocycles. The first-order chi connectivity index (χ1) is 21.6. The Balaban J connectivity index is 0.806. The molecule has 0 spiro atoms. The third kappa shape index (κ3) is 9.83. The average molecular weight is 620 g/mol. The largest absolute Gasteiger partial charge is 0.390 e. The predicted molar refractivity (Wildman–Crippen MR) is 170 cm³/mol. The average Bonchev–Trinajstić information content (AvgIpc) is 3.58. The Labute approximate surface area is 265 Å². The van der Waals surface area contributed by atoms with Gasteiger partial charge >= 0.3 is 0 Å². The minimum Gasteiger partial charge on any atom is -0.390 e. The standard InChI is InChI=1S/C34H61N5O5/c40-29(22-39-14-9-27-17-32(6-3-28(27)21-39)42-23-33-19-36-24-43-33)18-37-34(41)26-1-4-30(5-2-26)44-31-10-15-38(16-11-31)20-25-7-12-35-13-8-25/h25-33,35-36,40H,1-24H2,(H,37,41)/t26?,27?,28?,29-,30?,32?,33?/m0/s1. The number of nitrogens with one attached hydrogen (secondary N) is 3. The van der Waals surface area contributed by atoms with Gasteiger partial charge in [0.15, 0.2) is 0 Å². The summed E-state index contributed by atoms with van der Waals surface area (Å²) >= 11 is 0. The molecule has 10 nitrogen and oxygen atoms in total. The van der Waals surface area contributed by atoms with Crippen LogP contribution in [0.15, 0.2) is 0 Å². The lowest BCUT2D eigenvalue weighted by Gasteiger charge is -2.44. The van der Waals surface area contributed by atoms with E-state index in [0.717, 1.165) is 95.9 Å². The minimum absolute atomic E-state index is 0.0542. The zero-order valence-electron chi connectivity index (χ0n) is 27.1. The van der Waals surface area contributed by atoms with Crippen LogP contribution in [0, 0.1) is 23.7 Å². The van der Waals surface area contributed by atoms with E-state index in [1.165, 1.54) is 45.3 Å². The van der Waals surface area contributed by atoms with Crippen LogP contribution >= 0.6 is 0 Å². The lowest BCUT2D eigenvalue weighted by atomic mass is 9.74. The number of piperidine rings is 3. The van der Waals surface area contributed by atoms with Crippen molar-refractivity contribution in [2.24, 2.45) is 23.7 Å². The van der Waals surface area contributed by atoms with Gasteiger partial charge in [0, 0.05) is 51.7 Å². The van der Waals surface area contributed by atoms with E-state index in [1.54, 1.807) is 0 Å². The van der Waals surface area contributed by atoms with Crippen molar-refractivity contribution in [3.63, 3.8) is 0 Å². The summed E-state index contributed by atoms with van der Waals surface area (Å²) in [4.78, 5) is 18.0. The van der Waals surface area contributed by atoms with Crippen LogP contribution in [0.3, 0.4) is 0 Å². The molecule has 6 aliphatic rings. The quantitative estimate of drug-likeness (QED) is 0.261. The summed E-state index contributed by atoms with van der Waals surface area (Å²) in [5.41, 5.74) is 0. The molecule has 0 radical (unpaired) electrons. The number of hydrogen-bond acceptors (Lipinski definition) is 9. The van der Waals surface area contributed by atoms with E-state index in [9.17, 15) is 9.90 Å². The highest BCUT2D eigenvalue weighted by Crippen LogP contribution is 2.37. The van der Waals surface area contributed by atoms with Crippen molar-refractivity contribution in [3.05, 3.63) is 0 Å². The van der Waals surface area contributed by atoms with E-state index in [2.05, 4.69) is 25.8 Å². The van der Waals surface area contributed by atoms with Gasteiger partial charge in [0.2, 0.25) is 5.91 Å². The Morgan fingerprint density at radius 2 is 1.61 bits per heavy atom. The molecular weight excluding hydrogens is 558 g/mol. The molecule has 6 rings (SSSR count). The van der Waals surface area contributed by atoms with Gasteiger partial charge in [0.1, 0.15) is 0 Å². The highest BCUT2D eigenvalue weighted by molar-refractivity contribution is 5.78. The van der Waals surface area contributed by atoms with Gasteiger partial charge in [-0.1, -0.05) is 0 Å². The molecule has 6 fully saturated rings. The first kappa shape index (κ1) is 33.1. The predicted octanol–water partition coefficient (Wildman–Crippen LogP) is 1.96. The van der Waals surface area contributed by atoms with Gasteiger partial charge in [0.05, 0.1) is 43.9 Å². The van der Waals surface area contributed by atoms with Crippen LogP contribution in [0.5, 0.6) is 0 Å². The number of likely N-dealkylation sites (tertiary alicyclic amines) is 2. The summed E-state index contributed by atoms with van der Waals surface area (Å²) < 4.78 is 18.4. The number of amides is 1. The molecule has 4 aliphatic heterocycles. The first-order valence-electron chi connectivity index (χ1n) is 18.3. The van der Waals surface area contributed by atoms with Crippen LogP contribution in [-0.2, 0) is 19.0 Å².